The van der Waals surface area contributed by atoms with Crippen LogP contribution >= 0.6 is 0 Å². The van der Waals surface area contributed by atoms with Crippen LogP contribution in [-0.2, 0) is 11.3 Å². The van der Waals surface area contributed by atoms with Gasteiger partial charge < -0.3 is 15.0 Å². The van der Waals surface area contributed by atoms with Crippen LogP contribution in [0.3, 0.4) is 0 Å². The summed E-state index contributed by atoms with van der Waals surface area (Å²) in [5.41, 5.74) is 3.67. The molecule has 5 heteroatoms. The van der Waals surface area contributed by atoms with Crippen molar-refractivity contribution in [2.75, 3.05) is 20.2 Å². The summed E-state index contributed by atoms with van der Waals surface area (Å²) in [7, 11) is 1.63. The molecule has 5 nitrogen and oxygen atoms in total. The molecule has 0 unspecified atom stereocenters. The molecule has 0 saturated carbocycles. The number of hydrogen-bond donors (Lipinski definition) is 1. The summed E-state index contributed by atoms with van der Waals surface area (Å²) < 4.78 is 5.39. The molecule has 32 heavy (non-hydrogen) atoms. The molecule has 1 saturated heterocycles. The van der Waals surface area contributed by atoms with Crippen molar-refractivity contribution in [3.63, 3.8) is 0 Å². The summed E-state index contributed by atoms with van der Waals surface area (Å²) in [5.74, 6) is 0.235. The number of benzene rings is 3. The highest BCUT2D eigenvalue weighted by Crippen LogP contribution is 2.35. The second kappa shape index (κ2) is 9.69. The highest BCUT2D eigenvalue weighted by atomic mass is 16.5. The zero-order valence-electron chi connectivity index (χ0n) is 18.5. The molecule has 0 spiro atoms. The predicted molar refractivity (Wildman–Crippen MR) is 125 cm³/mol. The molecular weight excluding hydrogens is 400 g/mol. The van der Waals surface area contributed by atoms with Gasteiger partial charge in [-0.1, -0.05) is 60.7 Å². The largest absolute Gasteiger partial charge is 0.497 e. The summed E-state index contributed by atoms with van der Waals surface area (Å²) in [6.45, 7) is 3.28. The van der Waals surface area contributed by atoms with Crippen molar-refractivity contribution in [2.24, 2.45) is 5.92 Å². The average molecular weight is 429 g/mol. The number of nitrogens with zero attached hydrogens (tertiary/aromatic N) is 1. The van der Waals surface area contributed by atoms with Gasteiger partial charge >= 0.3 is 0 Å². The Balaban J connectivity index is 1.58. The van der Waals surface area contributed by atoms with E-state index in [4.69, 9.17) is 4.74 Å². The number of carbonyl (C=O) groups is 2. The first kappa shape index (κ1) is 21.6. The van der Waals surface area contributed by atoms with Gasteiger partial charge in [-0.3, -0.25) is 9.59 Å². The van der Waals surface area contributed by atoms with Crippen molar-refractivity contribution in [1.29, 1.82) is 0 Å². The first-order valence-electron chi connectivity index (χ1n) is 10.9. The number of nitrogens with one attached hydrogen (secondary N) is 1. The van der Waals surface area contributed by atoms with Gasteiger partial charge in [0.05, 0.1) is 13.0 Å². The van der Waals surface area contributed by atoms with E-state index in [0.29, 0.717) is 25.2 Å². The maximum Gasteiger partial charge on any atom is 0.254 e. The van der Waals surface area contributed by atoms with Gasteiger partial charge in [0, 0.05) is 31.1 Å². The van der Waals surface area contributed by atoms with Gasteiger partial charge in [-0.25, -0.2) is 0 Å². The number of rotatable bonds is 6. The summed E-state index contributed by atoms with van der Waals surface area (Å²) in [4.78, 5) is 28.3. The molecule has 0 bridgehead atoms. The minimum atomic E-state index is -0.334. The topological polar surface area (TPSA) is 58.6 Å². The van der Waals surface area contributed by atoms with Gasteiger partial charge in [0.1, 0.15) is 5.75 Å². The molecule has 0 radical (unpaired) electrons. The predicted octanol–water partition coefficient (Wildman–Crippen LogP) is 4.18. The Morgan fingerprint density at radius 3 is 2.47 bits per heavy atom. The smallest absolute Gasteiger partial charge is 0.254 e. The van der Waals surface area contributed by atoms with Crippen molar-refractivity contribution in [3.05, 3.63) is 101 Å². The average Bonchev–Trinajstić information content (AvgIpc) is 3.29. The van der Waals surface area contributed by atoms with E-state index >= 15 is 0 Å². The molecule has 1 N–H and O–H groups in total. The highest BCUT2D eigenvalue weighted by Gasteiger charge is 2.40. The van der Waals surface area contributed by atoms with Gasteiger partial charge in [0.2, 0.25) is 5.91 Å². The van der Waals surface area contributed by atoms with Crippen LogP contribution in [0.4, 0.5) is 0 Å². The number of hydrogen-bond acceptors (Lipinski definition) is 3. The molecule has 164 valence electrons. The fraction of sp³-hybridized carbons (Fsp3) is 0.259. The summed E-state index contributed by atoms with van der Waals surface area (Å²) in [6.07, 6.45) is 0. The van der Waals surface area contributed by atoms with E-state index in [1.54, 1.807) is 12.0 Å². The lowest BCUT2D eigenvalue weighted by Gasteiger charge is -2.19. The molecule has 1 aliphatic rings. The SMILES string of the molecule is COc1cccc([C@H]2CN(C(=O)c3ccccc3C)C[C@H]2C(=O)NCc2ccccc2)c1. The molecular formula is C27H28N2O3. The quantitative estimate of drug-likeness (QED) is 0.641. The van der Waals surface area contributed by atoms with E-state index < -0.39 is 0 Å². The van der Waals surface area contributed by atoms with Crippen molar-refractivity contribution in [2.45, 2.75) is 19.4 Å². The molecule has 0 aliphatic carbocycles. The molecule has 0 aromatic heterocycles. The molecule has 1 aliphatic heterocycles. The lowest BCUT2D eigenvalue weighted by molar-refractivity contribution is -0.125. The number of ether oxygens (including phenoxy) is 1. The molecule has 2 amide bonds. The first-order chi connectivity index (χ1) is 15.6. The van der Waals surface area contributed by atoms with Crippen LogP contribution in [0.15, 0.2) is 78.9 Å². The Labute approximate surface area is 189 Å². The van der Waals surface area contributed by atoms with Crippen LogP contribution in [0.2, 0.25) is 0 Å². The summed E-state index contributed by atoms with van der Waals surface area (Å²) in [6, 6.07) is 25.2. The Bertz CT molecular complexity index is 1100. The van der Waals surface area contributed by atoms with E-state index in [0.717, 1.165) is 22.4 Å². The Morgan fingerprint density at radius 1 is 0.969 bits per heavy atom. The second-order valence-corrected chi connectivity index (χ2v) is 8.22. The minimum Gasteiger partial charge on any atom is -0.497 e. The van der Waals surface area contributed by atoms with Crippen LogP contribution in [0.5, 0.6) is 5.75 Å². The number of methoxy groups -OCH3 is 1. The lowest BCUT2D eigenvalue weighted by Crippen LogP contribution is -2.35. The van der Waals surface area contributed by atoms with Crippen molar-refractivity contribution in [1.82, 2.24) is 10.2 Å². The van der Waals surface area contributed by atoms with Gasteiger partial charge in [0.15, 0.2) is 0 Å². The Morgan fingerprint density at radius 2 is 1.72 bits per heavy atom. The minimum absolute atomic E-state index is 0.0330. The monoisotopic (exact) mass is 428 g/mol. The second-order valence-electron chi connectivity index (χ2n) is 8.22. The molecule has 2 atom stereocenters. The highest BCUT2D eigenvalue weighted by molar-refractivity contribution is 5.96. The van der Waals surface area contributed by atoms with E-state index in [2.05, 4.69) is 5.32 Å². The summed E-state index contributed by atoms with van der Waals surface area (Å²) in [5, 5.41) is 3.07. The maximum absolute atomic E-state index is 13.3. The fourth-order valence-corrected chi connectivity index (χ4v) is 4.34. The Hall–Kier alpha value is -3.60. The van der Waals surface area contributed by atoms with Crippen LogP contribution in [0.25, 0.3) is 0 Å². The van der Waals surface area contributed by atoms with E-state index in [9.17, 15) is 9.59 Å². The third-order valence-electron chi connectivity index (χ3n) is 6.15. The van der Waals surface area contributed by atoms with Crippen LogP contribution in [0, 0.1) is 12.8 Å². The zero-order chi connectivity index (χ0) is 22.5. The number of aryl methyl sites for hydroxylation is 1. The van der Waals surface area contributed by atoms with Crippen molar-refractivity contribution in [3.8, 4) is 5.75 Å². The van der Waals surface area contributed by atoms with E-state index in [1.165, 1.54) is 0 Å². The zero-order valence-corrected chi connectivity index (χ0v) is 18.5. The fourth-order valence-electron chi connectivity index (χ4n) is 4.34. The molecule has 4 rings (SSSR count). The number of amides is 2. The third kappa shape index (κ3) is 4.67. The molecule has 1 heterocycles. The van der Waals surface area contributed by atoms with Gasteiger partial charge in [-0.05, 0) is 41.8 Å². The molecule has 1 fully saturated rings. The third-order valence-corrected chi connectivity index (χ3v) is 6.15. The van der Waals surface area contributed by atoms with E-state index in [-0.39, 0.29) is 23.7 Å². The molecule has 3 aromatic carbocycles. The lowest BCUT2D eigenvalue weighted by atomic mass is 9.88. The number of carbonyl (C=O) groups excluding carboxylic acids is 2. The van der Waals surface area contributed by atoms with Gasteiger partial charge in [-0.2, -0.15) is 0 Å². The van der Waals surface area contributed by atoms with Crippen molar-refractivity contribution >= 4 is 11.8 Å². The van der Waals surface area contributed by atoms with Gasteiger partial charge in [0.25, 0.3) is 5.91 Å². The van der Waals surface area contributed by atoms with Crippen LogP contribution < -0.4 is 10.1 Å². The summed E-state index contributed by atoms with van der Waals surface area (Å²) >= 11 is 0. The van der Waals surface area contributed by atoms with E-state index in [1.807, 2.05) is 85.8 Å². The maximum atomic E-state index is 13.3. The van der Waals surface area contributed by atoms with Crippen LogP contribution in [0.1, 0.15) is 33.0 Å². The Kier molecular flexibility index (Phi) is 6.55. The first-order valence-corrected chi connectivity index (χ1v) is 10.9. The molecule has 3 aromatic rings. The number of likely N-dealkylation sites (tertiary alicyclic amines) is 1. The van der Waals surface area contributed by atoms with Crippen LogP contribution in [-0.4, -0.2) is 36.9 Å². The standard InChI is InChI=1S/C27H28N2O3/c1-19-9-6-7-14-23(19)27(31)29-17-24(21-12-8-13-22(15-21)32-2)25(18-29)26(30)28-16-20-10-4-3-5-11-20/h3-15,24-25H,16-18H2,1-2H3,(H,28,30)/t24-,25-/m1/s1. The van der Waals surface area contributed by atoms with Crippen molar-refractivity contribution < 1.29 is 14.3 Å². The normalized spacial score (nSPS) is 17.8. The van der Waals surface area contributed by atoms with Gasteiger partial charge in [-0.15, -0.1) is 0 Å².